The van der Waals surface area contributed by atoms with Gasteiger partial charge in [-0.05, 0) is 13.8 Å². The van der Waals surface area contributed by atoms with E-state index in [9.17, 15) is 0 Å². The molecule has 0 N–H and O–H groups in total. The van der Waals surface area contributed by atoms with Crippen molar-refractivity contribution in [3.63, 3.8) is 0 Å². The van der Waals surface area contributed by atoms with Crippen molar-refractivity contribution in [2.24, 2.45) is 7.05 Å². The van der Waals surface area contributed by atoms with Crippen molar-refractivity contribution in [2.45, 2.75) is 20.3 Å². The lowest BCUT2D eigenvalue weighted by molar-refractivity contribution is 0.293. The summed E-state index contributed by atoms with van der Waals surface area (Å²) in [5, 5.41) is 13.2. The minimum absolute atomic E-state index is 0.513. The summed E-state index contributed by atoms with van der Waals surface area (Å²) >= 11 is 1.63. The van der Waals surface area contributed by atoms with E-state index in [1.165, 1.54) is 4.88 Å². The monoisotopic (exact) mass is 262 g/mol. The van der Waals surface area contributed by atoms with Crippen LogP contribution in [0.15, 0.2) is 5.51 Å². The average molecular weight is 262 g/mol. The number of aryl methyl sites for hydroxylation is 3. The highest BCUT2D eigenvalue weighted by Gasteiger charge is 2.14. The third-order valence-corrected chi connectivity index (χ3v) is 3.69. The molecule has 6 heteroatoms. The second-order valence-electron chi connectivity index (χ2n) is 3.96. The van der Waals surface area contributed by atoms with Crippen molar-refractivity contribution >= 4 is 11.3 Å². The van der Waals surface area contributed by atoms with Gasteiger partial charge < -0.3 is 4.74 Å². The highest BCUT2D eigenvalue weighted by molar-refractivity contribution is 7.09. The molecule has 2 aromatic heterocycles. The molecule has 2 heterocycles. The van der Waals surface area contributed by atoms with E-state index >= 15 is 0 Å². The third-order valence-electron chi connectivity index (χ3n) is 2.69. The molecule has 0 bridgehead atoms. The Hall–Kier alpha value is -1.87. The van der Waals surface area contributed by atoms with Crippen molar-refractivity contribution in [1.82, 2.24) is 14.8 Å². The average Bonchev–Trinajstić information content (AvgIpc) is 2.84. The second-order valence-corrected chi connectivity index (χ2v) is 4.90. The summed E-state index contributed by atoms with van der Waals surface area (Å²) in [6.07, 6.45) is 0.797. The fourth-order valence-electron chi connectivity index (χ4n) is 1.74. The van der Waals surface area contributed by atoms with Crippen LogP contribution in [0.2, 0.25) is 0 Å². The first kappa shape index (κ1) is 12.6. The van der Waals surface area contributed by atoms with Gasteiger partial charge in [0.25, 0.3) is 0 Å². The van der Waals surface area contributed by atoms with Gasteiger partial charge in [0.05, 0.1) is 23.5 Å². The summed E-state index contributed by atoms with van der Waals surface area (Å²) in [5.41, 5.74) is 4.09. The minimum atomic E-state index is 0.513. The van der Waals surface area contributed by atoms with Crippen LogP contribution < -0.4 is 4.74 Å². The number of rotatable bonds is 4. The zero-order valence-corrected chi connectivity index (χ0v) is 11.4. The summed E-state index contributed by atoms with van der Waals surface area (Å²) in [4.78, 5) is 5.41. The normalized spacial score (nSPS) is 10.3. The minimum Gasteiger partial charge on any atom is -0.477 e. The van der Waals surface area contributed by atoms with Crippen LogP contribution in [-0.4, -0.2) is 21.4 Å². The Balaban J connectivity index is 2.03. The first-order chi connectivity index (χ1) is 8.63. The van der Waals surface area contributed by atoms with E-state index in [0.717, 1.165) is 12.1 Å². The van der Waals surface area contributed by atoms with Gasteiger partial charge in [-0.3, -0.25) is 0 Å². The molecular weight excluding hydrogens is 248 g/mol. The van der Waals surface area contributed by atoms with Gasteiger partial charge in [-0.15, -0.1) is 11.3 Å². The predicted molar refractivity (Wildman–Crippen MR) is 68.7 cm³/mol. The smallest absolute Gasteiger partial charge is 0.230 e. The fourth-order valence-corrected chi connectivity index (χ4v) is 2.50. The molecule has 0 radical (unpaired) electrons. The van der Waals surface area contributed by atoms with Gasteiger partial charge >= 0.3 is 0 Å². The number of ether oxygens (including phenoxy) is 1. The molecule has 0 aliphatic heterocycles. The summed E-state index contributed by atoms with van der Waals surface area (Å²) in [7, 11) is 1.78. The van der Waals surface area contributed by atoms with Gasteiger partial charge in [0, 0.05) is 18.3 Å². The topological polar surface area (TPSA) is 63.7 Å². The Bertz CT molecular complexity index is 594. The molecule has 0 aliphatic carbocycles. The number of thiazole rings is 1. The Morgan fingerprint density at radius 2 is 2.22 bits per heavy atom. The van der Waals surface area contributed by atoms with Gasteiger partial charge in [-0.2, -0.15) is 10.4 Å². The van der Waals surface area contributed by atoms with Crippen LogP contribution in [0.4, 0.5) is 0 Å². The predicted octanol–water partition coefficient (Wildman–Crippen LogP) is 1.99. The Labute approximate surface area is 110 Å². The van der Waals surface area contributed by atoms with Crippen molar-refractivity contribution in [3.8, 4) is 11.9 Å². The van der Waals surface area contributed by atoms with Gasteiger partial charge in [0.2, 0.25) is 5.88 Å². The molecular formula is C12H14N4OS. The second kappa shape index (κ2) is 5.19. The van der Waals surface area contributed by atoms with E-state index < -0.39 is 0 Å². The molecule has 0 aliphatic rings. The molecule has 0 atom stereocenters. The first-order valence-electron chi connectivity index (χ1n) is 5.59. The van der Waals surface area contributed by atoms with Crippen LogP contribution in [0.1, 0.15) is 21.8 Å². The SMILES string of the molecule is Cc1ncsc1CCOc1c(C#N)c(C)nn1C. The zero-order chi connectivity index (χ0) is 13.1. The Morgan fingerprint density at radius 3 is 2.83 bits per heavy atom. The number of aromatic nitrogens is 3. The number of hydrogen-bond acceptors (Lipinski definition) is 5. The van der Waals surface area contributed by atoms with Crippen LogP contribution in [0.25, 0.3) is 0 Å². The van der Waals surface area contributed by atoms with Crippen LogP contribution >= 0.6 is 11.3 Å². The highest BCUT2D eigenvalue weighted by atomic mass is 32.1. The summed E-state index contributed by atoms with van der Waals surface area (Å²) in [6.45, 7) is 4.32. The molecule has 0 aromatic carbocycles. The molecule has 0 unspecified atom stereocenters. The van der Waals surface area contributed by atoms with E-state index in [4.69, 9.17) is 10.00 Å². The maximum absolute atomic E-state index is 9.05. The van der Waals surface area contributed by atoms with Gasteiger partial charge in [-0.25, -0.2) is 9.67 Å². The summed E-state index contributed by atoms with van der Waals surface area (Å²) in [5.74, 6) is 0.539. The molecule has 5 nitrogen and oxygen atoms in total. The zero-order valence-electron chi connectivity index (χ0n) is 10.6. The molecule has 2 aromatic rings. The fraction of sp³-hybridized carbons (Fsp3) is 0.417. The van der Waals surface area contributed by atoms with E-state index in [1.807, 2.05) is 12.4 Å². The standard InChI is InChI=1S/C12H14N4OS/c1-8-10(6-13)12(16(3)15-8)17-5-4-11-9(2)14-7-18-11/h7H,4-5H2,1-3H3. The third kappa shape index (κ3) is 2.36. The number of nitriles is 1. The molecule has 0 amide bonds. The molecule has 2 rings (SSSR count). The van der Waals surface area contributed by atoms with Crippen LogP contribution in [0, 0.1) is 25.2 Å². The van der Waals surface area contributed by atoms with E-state index in [1.54, 1.807) is 30.0 Å². The van der Waals surface area contributed by atoms with Crippen LogP contribution in [0.3, 0.4) is 0 Å². The van der Waals surface area contributed by atoms with Gasteiger partial charge in [0.15, 0.2) is 0 Å². The van der Waals surface area contributed by atoms with Crippen molar-refractivity contribution in [1.29, 1.82) is 5.26 Å². The lowest BCUT2D eigenvalue weighted by Gasteiger charge is -2.05. The molecule has 0 spiro atoms. The number of hydrogen-bond donors (Lipinski definition) is 0. The lowest BCUT2D eigenvalue weighted by atomic mass is 10.3. The van der Waals surface area contributed by atoms with Crippen molar-refractivity contribution in [3.05, 3.63) is 27.3 Å². The van der Waals surface area contributed by atoms with E-state index in [0.29, 0.717) is 23.7 Å². The summed E-state index contributed by atoms with van der Waals surface area (Å²) in [6, 6.07) is 2.12. The maximum atomic E-state index is 9.05. The molecule has 0 fully saturated rings. The molecule has 94 valence electrons. The van der Waals surface area contributed by atoms with Crippen molar-refractivity contribution < 1.29 is 4.74 Å². The Kier molecular flexibility index (Phi) is 3.63. The quantitative estimate of drug-likeness (QED) is 0.845. The highest BCUT2D eigenvalue weighted by Crippen LogP contribution is 2.20. The first-order valence-corrected chi connectivity index (χ1v) is 6.47. The summed E-state index contributed by atoms with van der Waals surface area (Å²) < 4.78 is 7.27. The van der Waals surface area contributed by atoms with Crippen LogP contribution in [-0.2, 0) is 13.5 Å². The van der Waals surface area contributed by atoms with E-state index in [2.05, 4.69) is 16.2 Å². The molecule has 0 saturated heterocycles. The number of nitrogens with zero attached hydrogens (tertiary/aromatic N) is 4. The maximum Gasteiger partial charge on any atom is 0.230 e. The van der Waals surface area contributed by atoms with Crippen molar-refractivity contribution in [2.75, 3.05) is 6.61 Å². The Morgan fingerprint density at radius 1 is 1.44 bits per heavy atom. The largest absolute Gasteiger partial charge is 0.477 e. The van der Waals surface area contributed by atoms with Crippen LogP contribution in [0.5, 0.6) is 5.88 Å². The van der Waals surface area contributed by atoms with Gasteiger partial charge in [-0.1, -0.05) is 0 Å². The van der Waals surface area contributed by atoms with Gasteiger partial charge in [0.1, 0.15) is 11.6 Å². The molecule has 0 saturated carbocycles. The molecule has 18 heavy (non-hydrogen) atoms. The lowest BCUT2D eigenvalue weighted by Crippen LogP contribution is -2.05. The van der Waals surface area contributed by atoms with E-state index in [-0.39, 0.29) is 0 Å².